The molecule has 1 spiro atoms. The molecule has 3 N–H and O–H groups in total. The van der Waals surface area contributed by atoms with Gasteiger partial charge in [-0.3, -0.25) is 14.4 Å². The fourth-order valence-electron chi connectivity index (χ4n) is 6.18. The molecule has 2 bridgehead atoms. The van der Waals surface area contributed by atoms with Gasteiger partial charge in [-0.25, -0.2) is 0 Å². The van der Waals surface area contributed by atoms with Crippen molar-refractivity contribution < 1.29 is 24.2 Å². The number of β-amino-alcohol motifs (C(OH)–C–C–N with tert-alkyl or cyclic N) is 1. The number of carbonyl (C=O) groups excluding carboxylic acids is 3. The van der Waals surface area contributed by atoms with E-state index in [0.717, 1.165) is 11.1 Å². The van der Waals surface area contributed by atoms with Crippen LogP contribution in [0.15, 0.2) is 42.5 Å². The quantitative estimate of drug-likeness (QED) is 0.398. The number of halogens is 1. The average molecular weight is 603 g/mol. The molecule has 3 unspecified atom stereocenters. The summed E-state index contributed by atoms with van der Waals surface area (Å²) >= 11 is 5.33. The fraction of sp³-hybridized carbons (Fsp3) is 0.464. The lowest BCUT2D eigenvalue weighted by molar-refractivity contribution is -0.138. The third-order valence-electron chi connectivity index (χ3n) is 7.76. The highest BCUT2D eigenvalue weighted by atomic mass is 79.9. The van der Waals surface area contributed by atoms with E-state index in [1.807, 2.05) is 39.0 Å². The van der Waals surface area contributed by atoms with Gasteiger partial charge >= 0.3 is 0 Å². The summed E-state index contributed by atoms with van der Waals surface area (Å²) in [6.07, 6.45) is 0.582. The lowest BCUT2D eigenvalue weighted by Gasteiger charge is -2.35. The van der Waals surface area contributed by atoms with Crippen LogP contribution in [-0.2, 0) is 14.4 Å². The number of fused-ring (bicyclic) bond motifs is 1. The maximum absolute atomic E-state index is 13.9. The monoisotopic (exact) mass is 601 g/mol. The zero-order valence-electron chi connectivity index (χ0n) is 21.6. The van der Waals surface area contributed by atoms with E-state index >= 15 is 0 Å². The van der Waals surface area contributed by atoms with Crippen LogP contribution in [0, 0.1) is 25.7 Å². The molecule has 0 aliphatic carbocycles. The zero-order chi connectivity index (χ0) is 27.2. The Kier molecular flexibility index (Phi) is 7.50. The molecule has 5 rings (SSSR count). The number of anilines is 2. The van der Waals surface area contributed by atoms with Gasteiger partial charge in [-0.2, -0.15) is 0 Å². The highest BCUT2D eigenvalue weighted by Gasteiger charge is 2.75. The van der Waals surface area contributed by atoms with E-state index in [1.165, 1.54) is 4.90 Å². The van der Waals surface area contributed by atoms with Gasteiger partial charge in [0.05, 0.1) is 29.8 Å². The third-order valence-corrected chi connectivity index (χ3v) is 11.0. The summed E-state index contributed by atoms with van der Waals surface area (Å²) in [6.45, 7) is 6.10. The van der Waals surface area contributed by atoms with Gasteiger partial charge in [0.1, 0.15) is 11.8 Å². The van der Waals surface area contributed by atoms with E-state index in [2.05, 4.69) is 26.6 Å². The van der Waals surface area contributed by atoms with Crippen molar-refractivity contribution in [3.05, 3.63) is 53.6 Å². The zero-order valence-corrected chi connectivity index (χ0v) is 24.0. The van der Waals surface area contributed by atoms with Crippen LogP contribution in [0.3, 0.4) is 0 Å². The van der Waals surface area contributed by atoms with Gasteiger partial charge in [-0.1, -0.05) is 28.1 Å². The molecular weight excluding hydrogens is 570 g/mol. The Hall–Kier alpha value is -2.56. The van der Waals surface area contributed by atoms with Crippen molar-refractivity contribution in [2.24, 2.45) is 11.8 Å². The number of likely N-dealkylation sites (tertiary alicyclic amines) is 1. The van der Waals surface area contributed by atoms with Gasteiger partial charge in [0.15, 0.2) is 0 Å². The van der Waals surface area contributed by atoms with Gasteiger partial charge in [0.2, 0.25) is 17.7 Å². The Labute approximate surface area is 235 Å². The minimum Gasteiger partial charge on any atom is -0.494 e. The highest BCUT2D eigenvalue weighted by molar-refractivity contribution is 9.09. The predicted molar refractivity (Wildman–Crippen MR) is 152 cm³/mol. The average Bonchev–Trinajstić information content (AvgIpc) is 3.46. The molecule has 8 nitrogen and oxygen atoms in total. The first-order valence-corrected chi connectivity index (χ1v) is 14.6. The summed E-state index contributed by atoms with van der Waals surface area (Å²) in [7, 11) is 0. The van der Waals surface area contributed by atoms with E-state index in [9.17, 15) is 19.5 Å². The number of thioether (sulfide) groups is 1. The van der Waals surface area contributed by atoms with Gasteiger partial charge in [-0.05, 0) is 68.7 Å². The van der Waals surface area contributed by atoms with Crippen molar-refractivity contribution in [3.63, 3.8) is 0 Å². The Morgan fingerprint density at radius 1 is 1.16 bits per heavy atom. The minimum atomic E-state index is -0.801. The van der Waals surface area contributed by atoms with Gasteiger partial charge in [0.25, 0.3) is 0 Å². The molecule has 0 radical (unpaired) electrons. The molecule has 3 saturated heterocycles. The fourth-order valence-corrected chi connectivity index (χ4v) is 9.79. The molecule has 6 atom stereocenters. The summed E-state index contributed by atoms with van der Waals surface area (Å²) in [4.78, 5) is 42.8. The molecule has 38 heavy (non-hydrogen) atoms. The molecule has 3 amide bonds. The molecular formula is C28H32BrN3O5S. The first-order valence-electron chi connectivity index (χ1n) is 12.8. The number of aliphatic hydroxyl groups excluding tert-OH is 1. The van der Waals surface area contributed by atoms with E-state index in [4.69, 9.17) is 4.74 Å². The topological polar surface area (TPSA) is 108 Å². The Balaban J connectivity index is 1.45. The second-order valence-electron chi connectivity index (χ2n) is 10.2. The number of hydrogen-bond acceptors (Lipinski definition) is 6. The lowest BCUT2D eigenvalue weighted by atomic mass is 9.70. The summed E-state index contributed by atoms with van der Waals surface area (Å²) in [5.41, 5.74) is 3.25. The van der Waals surface area contributed by atoms with Gasteiger partial charge in [-0.15, -0.1) is 11.8 Å². The first-order chi connectivity index (χ1) is 18.2. The molecule has 0 saturated carbocycles. The van der Waals surface area contributed by atoms with Crippen LogP contribution >= 0.6 is 27.7 Å². The summed E-state index contributed by atoms with van der Waals surface area (Å²) in [6, 6.07) is 12.2. The standard InChI is InChI=1S/C28H32BrN3O5S/c1-4-37-18-9-7-17(8-10-18)30-25(34)21-22-27(36)32(11-12-33)24(28(22)14-19(29)23(21)38-28)26(35)31-20-13-15(2)5-6-16(20)3/h5-10,13,19,21-24,33H,4,11-12,14H2,1-3H3,(H,30,34)(H,31,35)/t19?,21-,22+,23-,24?,28?/m1/s1. The van der Waals surface area contributed by atoms with Crippen molar-refractivity contribution in [2.45, 2.75) is 48.1 Å². The summed E-state index contributed by atoms with van der Waals surface area (Å²) < 4.78 is 4.71. The van der Waals surface area contributed by atoms with Crippen molar-refractivity contribution in [1.29, 1.82) is 0 Å². The molecule has 3 aliphatic rings. The van der Waals surface area contributed by atoms with Crippen LogP contribution < -0.4 is 15.4 Å². The molecule has 2 aromatic carbocycles. The van der Waals surface area contributed by atoms with Crippen LogP contribution in [0.1, 0.15) is 24.5 Å². The highest BCUT2D eigenvalue weighted by Crippen LogP contribution is 2.67. The van der Waals surface area contributed by atoms with Crippen molar-refractivity contribution in [3.8, 4) is 5.75 Å². The van der Waals surface area contributed by atoms with Crippen LogP contribution in [0.5, 0.6) is 5.75 Å². The minimum absolute atomic E-state index is 0.0299. The van der Waals surface area contributed by atoms with Gasteiger partial charge < -0.3 is 25.4 Å². The summed E-state index contributed by atoms with van der Waals surface area (Å²) in [5.74, 6) is -1.34. The number of aryl methyl sites for hydroxylation is 2. The lowest BCUT2D eigenvalue weighted by Crippen LogP contribution is -2.53. The summed E-state index contributed by atoms with van der Waals surface area (Å²) in [5, 5.41) is 15.7. The van der Waals surface area contributed by atoms with Crippen LogP contribution in [0.2, 0.25) is 0 Å². The smallest absolute Gasteiger partial charge is 0.248 e. The molecule has 3 aliphatic heterocycles. The number of nitrogens with one attached hydrogen (secondary N) is 2. The number of nitrogens with zero attached hydrogens (tertiary/aromatic N) is 1. The maximum Gasteiger partial charge on any atom is 0.248 e. The van der Waals surface area contributed by atoms with Crippen LogP contribution in [0.25, 0.3) is 0 Å². The maximum atomic E-state index is 13.9. The number of hydrogen-bond donors (Lipinski definition) is 3. The first kappa shape index (κ1) is 27.0. The number of carbonyl (C=O) groups is 3. The Morgan fingerprint density at radius 3 is 2.58 bits per heavy atom. The van der Waals surface area contributed by atoms with Crippen LogP contribution in [0.4, 0.5) is 11.4 Å². The van der Waals surface area contributed by atoms with E-state index < -0.39 is 22.6 Å². The van der Waals surface area contributed by atoms with Crippen molar-refractivity contribution in [1.82, 2.24) is 4.90 Å². The number of amides is 3. The second-order valence-corrected chi connectivity index (χ2v) is 12.9. The largest absolute Gasteiger partial charge is 0.494 e. The number of rotatable bonds is 8. The number of aliphatic hydroxyl groups is 1. The Bertz CT molecular complexity index is 1260. The Morgan fingerprint density at radius 2 is 1.89 bits per heavy atom. The molecule has 10 heteroatoms. The number of benzene rings is 2. The SMILES string of the molecule is CCOc1ccc(NC(=O)[C@H]2[C@@H]3SC4(CC3Br)C(C(=O)Nc3cc(C)ccc3C)N(CCO)C(=O)[C@H]24)cc1. The van der Waals surface area contributed by atoms with E-state index in [1.54, 1.807) is 36.0 Å². The predicted octanol–water partition coefficient (Wildman–Crippen LogP) is 3.74. The van der Waals surface area contributed by atoms with Crippen LogP contribution in [-0.4, -0.2) is 68.4 Å². The van der Waals surface area contributed by atoms with Crippen molar-refractivity contribution in [2.75, 3.05) is 30.4 Å². The molecule has 3 heterocycles. The molecule has 3 fully saturated rings. The number of alkyl halides is 1. The molecule has 202 valence electrons. The van der Waals surface area contributed by atoms with E-state index in [0.29, 0.717) is 30.2 Å². The van der Waals surface area contributed by atoms with Gasteiger partial charge in [0, 0.05) is 28.0 Å². The van der Waals surface area contributed by atoms with Crippen molar-refractivity contribution >= 4 is 56.8 Å². The molecule has 0 aromatic heterocycles. The normalized spacial score (nSPS) is 29.3. The van der Waals surface area contributed by atoms with E-state index in [-0.39, 0.29) is 41.0 Å². The third kappa shape index (κ3) is 4.50. The second kappa shape index (κ2) is 10.5. The number of ether oxygens (including phenoxy) is 1. The molecule has 2 aromatic rings.